The Labute approximate surface area is 108 Å². The maximum atomic E-state index is 12.5. The number of rotatable bonds is 6. The summed E-state index contributed by atoms with van der Waals surface area (Å²) in [6, 6.07) is 6.50. The van der Waals surface area contributed by atoms with Gasteiger partial charge < -0.3 is 5.32 Å². The van der Waals surface area contributed by atoms with Crippen molar-refractivity contribution in [2.75, 3.05) is 13.1 Å². The molecule has 0 fully saturated rings. The van der Waals surface area contributed by atoms with Crippen molar-refractivity contribution in [2.24, 2.45) is 5.92 Å². The van der Waals surface area contributed by atoms with Crippen molar-refractivity contribution in [1.82, 2.24) is 5.32 Å². The van der Waals surface area contributed by atoms with Crippen molar-refractivity contribution in [3.63, 3.8) is 0 Å². The van der Waals surface area contributed by atoms with E-state index in [4.69, 9.17) is 0 Å². The first kappa shape index (κ1) is 14.8. The van der Waals surface area contributed by atoms with Gasteiger partial charge in [-0.05, 0) is 31.0 Å². The van der Waals surface area contributed by atoms with Crippen LogP contribution in [0.25, 0.3) is 6.08 Å². The highest BCUT2D eigenvalue weighted by Crippen LogP contribution is 2.20. The second kappa shape index (κ2) is 7.27. The molecule has 1 nitrogen and oxygen atoms in total. The predicted molar refractivity (Wildman–Crippen MR) is 72.8 cm³/mol. The van der Waals surface area contributed by atoms with Crippen LogP contribution in [0.2, 0.25) is 0 Å². The summed E-state index contributed by atoms with van der Waals surface area (Å²) < 4.78 is 25.1. The summed E-state index contributed by atoms with van der Waals surface area (Å²) >= 11 is 0. The normalized spacial score (nSPS) is 12.5. The smallest absolute Gasteiger partial charge is 0.263 e. The molecule has 0 aromatic heterocycles. The highest BCUT2D eigenvalue weighted by atomic mass is 19.3. The standard InChI is InChI=1S/C15H21F2N/c1-11(2)9-18-10-12(3)7-13-5-4-6-14(8-13)15(16)17/h4-8,11,15,18H,9-10H2,1-3H3/b12-7+. The van der Waals surface area contributed by atoms with E-state index in [-0.39, 0.29) is 5.56 Å². The van der Waals surface area contributed by atoms with Crippen LogP contribution in [0.5, 0.6) is 0 Å². The Morgan fingerprint density at radius 1 is 1.33 bits per heavy atom. The molecule has 1 aromatic rings. The minimum absolute atomic E-state index is 0.0756. The molecular weight excluding hydrogens is 232 g/mol. The fourth-order valence-corrected chi connectivity index (χ4v) is 1.68. The van der Waals surface area contributed by atoms with Crippen LogP contribution in [0.1, 0.15) is 38.3 Å². The van der Waals surface area contributed by atoms with Crippen LogP contribution in [0.15, 0.2) is 29.8 Å². The van der Waals surface area contributed by atoms with Crippen LogP contribution in [0.4, 0.5) is 8.78 Å². The molecule has 0 heterocycles. The summed E-state index contributed by atoms with van der Waals surface area (Å²) in [6.07, 6.45) is -0.461. The van der Waals surface area contributed by atoms with E-state index in [1.54, 1.807) is 6.07 Å². The Balaban J connectivity index is 2.61. The number of benzene rings is 1. The van der Waals surface area contributed by atoms with Crippen LogP contribution >= 0.6 is 0 Å². The maximum Gasteiger partial charge on any atom is 0.263 e. The average Bonchev–Trinajstić information content (AvgIpc) is 2.28. The van der Waals surface area contributed by atoms with Gasteiger partial charge in [-0.1, -0.05) is 43.7 Å². The van der Waals surface area contributed by atoms with Gasteiger partial charge in [-0.25, -0.2) is 8.78 Å². The predicted octanol–water partition coefficient (Wildman–Crippen LogP) is 4.27. The third-order valence-electron chi connectivity index (χ3n) is 2.53. The number of halogens is 2. The molecule has 0 aliphatic rings. The SMILES string of the molecule is C/C(=C\c1cccc(C(F)F)c1)CNCC(C)C. The van der Waals surface area contributed by atoms with Crippen molar-refractivity contribution < 1.29 is 8.78 Å². The van der Waals surface area contributed by atoms with E-state index in [9.17, 15) is 8.78 Å². The number of nitrogens with one attached hydrogen (secondary N) is 1. The van der Waals surface area contributed by atoms with Gasteiger partial charge >= 0.3 is 0 Å². The van der Waals surface area contributed by atoms with Crippen molar-refractivity contribution in [3.8, 4) is 0 Å². The van der Waals surface area contributed by atoms with Gasteiger partial charge in [0.15, 0.2) is 0 Å². The number of alkyl halides is 2. The first-order chi connectivity index (χ1) is 8.49. The fraction of sp³-hybridized carbons (Fsp3) is 0.467. The minimum atomic E-state index is -2.40. The molecule has 3 heteroatoms. The lowest BCUT2D eigenvalue weighted by molar-refractivity contribution is 0.151. The highest BCUT2D eigenvalue weighted by Gasteiger charge is 2.06. The molecule has 18 heavy (non-hydrogen) atoms. The summed E-state index contributed by atoms with van der Waals surface area (Å²) in [4.78, 5) is 0. The molecule has 0 radical (unpaired) electrons. The molecule has 0 saturated carbocycles. The van der Waals surface area contributed by atoms with Crippen LogP contribution < -0.4 is 5.32 Å². The van der Waals surface area contributed by atoms with Gasteiger partial charge in [-0.15, -0.1) is 0 Å². The van der Waals surface area contributed by atoms with Crippen LogP contribution in [0, 0.1) is 5.92 Å². The molecule has 0 aliphatic heterocycles. The zero-order valence-corrected chi connectivity index (χ0v) is 11.2. The molecule has 1 aromatic carbocycles. The molecule has 0 unspecified atom stereocenters. The van der Waals surface area contributed by atoms with Crippen LogP contribution in [0.3, 0.4) is 0 Å². The molecule has 0 atom stereocenters. The molecule has 0 amide bonds. The lowest BCUT2D eigenvalue weighted by Gasteiger charge is -2.08. The first-order valence-corrected chi connectivity index (χ1v) is 6.25. The van der Waals surface area contributed by atoms with Crippen LogP contribution in [-0.2, 0) is 0 Å². The topological polar surface area (TPSA) is 12.0 Å². The lowest BCUT2D eigenvalue weighted by Crippen LogP contribution is -2.21. The minimum Gasteiger partial charge on any atom is -0.313 e. The molecule has 1 rings (SSSR count). The molecule has 0 saturated heterocycles. The van der Waals surface area contributed by atoms with Gasteiger partial charge in [0.2, 0.25) is 0 Å². The fourth-order valence-electron chi connectivity index (χ4n) is 1.68. The third-order valence-corrected chi connectivity index (χ3v) is 2.53. The Morgan fingerprint density at radius 3 is 2.67 bits per heavy atom. The van der Waals surface area contributed by atoms with E-state index in [1.165, 1.54) is 12.1 Å². The maximum absolute atomic E-state index is 12.5. The van der Waals surface area contributed by atoms with Crippen molar-refractivity contribution in [1.29, 1.82) is 0 Å². The summed E-state index contributed by atoms with van der Waals surface area (Å²) in [5, 5.41) is 3.33. The van der Waals surface area contributed by atoms with E-state index in [2.05, 4.69) is 19.2 Å². The molecule has 0 spiro atoms. The largest absolute Gasteiger partial charge is 0.313 e. The Kier molecular flexibility index (Phi) is 5.99. The highest BCUT2D eigenvalue weighted by molar-refractivity contribution is 5.53. The second-order valence-electron chi connectivity index (χ2n) is 4.99. The van der Waals surface area contributed by atoms with Gasteiger partial charge in [0.25, 0.3) is 6.43 Å². The van der Waals surface area contributed by atoms with Gasteiger partial charge in [0.05, 0.1) is 0 Å². The summed E-state index contributed by atoms with van der Waals surface area (Å²) in [5.41, 5.74) is 2.05. The summed E-state index contributed by atoms with van der Waals surface area (Å²) in [7, 11) is 0. The van der Waals surface area contributed by atoms with E-state index in [1.807, 2.05) is 19.1 Å². The number of hydrogen-bond donors (Lipinski definition) is 1. The Morgan fingerprint density at radius 2 is 2.06 bits per heavy atom. The van der Waals surface area contributed by atoms with E-state index in [0.29, 0.717) is 5.92 Å². The van der Waals surface area contributed by atoms with Crippen molar-refractivity contribution in [3.05, 3.63) is 41.0 Å². The van der Waals surface area contributed by atoms with Crippen molar-refractivity contribution >= 4 is 6.08 Å². The zero-order valence-electron chi connectivity index (χ0n) is 11.2. The van der Waals surface area contributed by atoms with Gasteiger partial charge in [0, 0.05) is 12.1 Å². The molecule has 100 valence electrons. The van der Waals surface area contributed by atoms with Gasteiger partial charge in [-0.2, -0.15) is 0 Å². The summed E-state index contributed by atoms with van der Waals surface area (Å²) in [6.45, 7) is 8.05. The van der Waals surface area contributed by atoms with E-state index >= 15 is 0 Å². The molecule has 0 bridgehead atoms. The second-order valence-corrected chi connectivity index (χ2v) is 4.99. The molecule has 0 aliphatic carbocycles. The summed E-state index contributed by atoms with van der Waals surface area (Å²) in [5.74, 6) is 0.611. The monoisotopic (exact) mass is 253 g/mol. The lowest BCUT2D eigenvalue weighted by atomic mass is 10.1. The number of hydrogen-bond acceptors (Lipinski definition) is 1. The van der Waals surface area contributed by atoms with Gasteiger partial charge in [-0.3, -0.25) is 0 Å². The van der Waals surface area contributed by atoms with E-state index in [0.717, 1.165) is 24.2 Å². The van der Waals surface area contributed by atoms with Crippen LogP contribution in [-0.4, -0.2) is 13.1 Å². The Hall–Kier alpha value is -1.22. The molecule has 1 N–H and O–H groups in total. The zero-order chi connectivity index (χ0) is 13.5. The quantitative estimate of drug-likeness (QED) is 0.798. The van der Waals surface area contributed by atoms with E-state index < -0.39 is 6.43 Å². The third kappa shape index (κ3) is 5.41. The van der Waals surface area contributed by atoms with Gasteiger partial charge in [0.1, 0.15) is 0 Å². The molecular formula is C15H21F2N. The van der Waals surface area contributed by atoms with Crippen molar-refractivity contribution in [2.45, 2.75) is 27.2 Å². The average molecular weight is 253 g/mol. The Bertz CT molecular complexity index is 397. The first-order valence-electron chi connectivity index (χ1n) is 6.25.